The Bertz CT molecular complexity index is 932. The molecule has 2 aromatic carbocycles. The fourth-order valence-corrected chi connectivity index (χ4v) is 2.79. The lowest BCUT2D eigenvalue weighted by Gasteiger charge is -2.19. The number of benzene rings is 2. The molecule has 0 heterocycles. The van der Waals surface area contributed by atoms with E-state index in [0.29, 0.717) is 29.9 Å². The number of anilines is 2. The molecule has 31 heavy (non-hydrogen) atoms. The first-order valence-electron chi connectivity index (χ1n) is 10.3. The van der Waals surface area contributed by atoms with Gasteiger partial charge in [0, 0.05) is 29.9 Å². The number of carbonyl (C=O) groups excluding carboxylic acids is 3. The van der Waals surface area contributed by atoms with Crippen LogP contribution in [0.1, 0.15) is 57.0 Å². The Morgan fingerprint density at radius 3 is 2.23 bits per heavy atom. The predicted octanol–water partition coefficient (Wildman–Crippen LogP) is 4.95. The van der Waals surface area contributed by atoms with Crippen molar-refractivity contribution in [2.24, 2.45) is 5.92 Å². The van der Waals surface area contributed by atoms with Crippen molar-refractivity contribution in [1.82, 2.24) is 5.32 Å². The summed E-state index contributed by atoms with van der Waals surface area (Å²) in [7, 11) is 0. The first kappa shape index (κ1) is 23.9. The summed E-state index contributed by atoms with van der Waals surface area (Å²) < 4.78 is 5.23. The Hall–Kier alpha value is -3.35. The molecule has 7 nitrogen and oxygen atoms in total. The molecule has 0 fully saturated rings. The lowest BCUT2D eigenvalue weighted by molar-refractivity contribution is -0.116. The zero-order valence-electron chi connectivity index (χ0n) is 18.7. The molecule has 0 aliphatic carbocycles. The average Bonchev–Trinajstić information content (AvgIpc) is 2.64. The second-order valence-electron chi connectivity index (χ2n) is 8.74. The van der Waals surface area contributed by atoms with E-state index in [2.05, 4.69) is 16.0 Å². The quantitative estimate of drug-likeness (QED) is 0.585. The molecule has 0 saturated carbocycles. The molecule has 0 aliphatic heterocycles. The smallest absolute Gasteiger partial charge is 0.412 e. The third-order valence-electron chi connectivity index (χ3n) is 4.03. The Kier molecular flexibility index (Phi) is 8.19. The lowest BCUT2D eigenvalue weighted by Crippen LogP contribution is -2.27. The minimum atomic E-state index is -0.609. The number of carbonyl (C=O) groups is 3. The number of ether oxygens (including phenoxy) is 1. The molecule has 7 heteroatoms. The Morgan fingerprint density at radius 1 is 0.935 bits per heavy atom. The molecule has 0 bridgehead atoms. The van der Waals surface area contributed by atoms with Crippen molar-refractivity contribution < 1.29 is 19.1 Å². The van der Waals surface area contributed by atoms with Crippen LogP contribution in [0.25, 0.3) is 0 Å². The van der Waals surface area contributed by atoms with Crippen molar-refractivity contribution in [2.75, 3.05) is 10.6 Å². The molecule has 2 rings (SSSR count). The maximum atomic E-state index is 12.5. The van der Waals surface area contributed by atoms with Gasteiger partial charge in [-0.1, -0.05) is 32.0 Å². The third-order valence-corrected chi connectivity index (χ3v) is 4.03. The Labute approximate surface area is 183 Å². The van der Waals surface area contributed by atoms with Gasteiger partial charge in [0.05, 0.1) is 0 Å². The summed E-state index contributed by atoms with van der Waals surface area (Å²) in [5.74, 6) is -0.0318. The highest BCUT2D eigenvalue weighted by atomic mass is 16.6. The molecule has 3 N–H and O–H groups in total. The highest BCUT2D eigenvalue weighted by molar-refractivity contribution is 5.96. The van der Waals surface area contributed by atoms with E-state index >= 15 is 0 Å². The maximum Gasteiger partial charge on any atom is 0.412 e. The largest absolute Gasteiger partial charge is 0.444 e. The van der Waals surface area contributed by atoms with Crippen LogP contribution in [0.5, 0.6) is 0 Å². The van der Waals surface area contributed by atoms with E-state index in [1.54, 1.807) is 45.0 Å². The van der Waals surface area contributed by atoms with Gasteiger partial charge in [0.1, 0.15) is 5.60 Å². The van der Waals surface area contributed by atoms with Gasteiger partial charge in [0.25, 0.3) is 5.91 Å². The molecule has 0 spiro atoms. The van der Waals surface area contributed by atoms with E-state index in [-0.39, 0.29) is 17.7 Å². The summed E-state index contributed by atoms with van der Waals surface area (Å²) >= 11 is 0. The third kappa shape index (κ3) is 8.90. The van der Waals surface area contributed by atoms with Crippen molar-refractivity contribution in [2.45, 2.75) is 53.2 Å². The van der Waals surface area contributed by atoms with Crippen LogP contribution in [0.4, 0.5) is 16.2 Å². The second kappa shape index (κ2) is 10.6. The summed E-state index contributed by atoms with van der Waals surface area (Å²) in [4.78, 5) is 36.4. The number of rotatable bonds is 7. The molecule has 2 aromatic rings. The van der Waals surface area contributed by atoms with Crippen LogP contribution in [-0.2, 0) is 16.1 Å². The van der Waals surface area contributed by atoms with Crippen molar-refractivity contribution in [3.63, 3.8) is 0 Å². The van der Waals surface area contributed by atoms with Crippen molar-refractivity contribution in [1.29, 1.82) is 0 Å². The minimum absolute atomic E-state index is 0.0366. The van der Waals surface area contributed by atoms with Gasteiger partial charge in [-0.05, 0) is 62.6 Å². The van der Waals surface area contributed by atoms with Gasteiger partial charge in [-0.25, -0.2) is 4.79 Å². The van der Waals surface area contributed by atoms with Crippen LogP contribution in [0.2, 0.25) is 0 Å². The van der Waals surface area contributed by atoms with E-state index in [9.17, 15) is 14.4 Å². The van der Waals surface area contributed by atoms with Crippen LogP contribution in [-0.4, -0.2) is 23.5 Å². The maximum absolute atomic E-state index is 12.5. The Morgan fingerprint density at radius 2 is 1.58 bits per heavy atom. The van der Waals surface area contributed by atoms with Gasteiger partial charge >= 0.3 is 6.09 Å². The van der Waals surface area contributed by atoms with E-state index in [1.807, 2.05) is 38.1 Å². The molecule has 0 aliphatic rings. The lowest BCUT2D eigenvalue weighted by atomic mass is 10.1. The van der Waals surface area contributed by atoms with Crippen LogP contribution in [0, 0.1) is 5.92 Å². The number of amides is 3. The molecule has 0 aromatic heterocycles. The molecule has 166 valence electrons. The predicted molar refractivity (Wildman–Crippen MR) is 122 cm³/mol. The minimum Gasteiger partial charge on any atom is -0.444 e. The summed E-state index contributed by atoms with van der Waals surface area (Å²) in [6, 6.07) is 14.0. The average molecular weight is 426 g/mol. The summed E-state index contributed by atoms with van der Waals surface area (Å²) in [5.41, 5.74) is 1.83. The topological polar surface area (TPSA) is 96.5 Å². The fourth-order valence-electron chi connectivity index (χ4n) is 2.79. The van der Waals surface area contributed by atoms with E-state index in [0.717, 1.165) is 5.56 Å². The zero-order chi connectivity index (χ0) is 23.0. The number of hydrogen-bond acceptors (Lipinski definition) is 4. The molecule has 3 amide bonds. The summed E-state index contributed by atoms with van der Waals surface area (Å²) in [6.07, 6.45) is -0.129. The van der Waals surface area contributed by atoms with Gasteiger partial charge in [0.15, 0.2) is 0 Å². The van der Waals surface area contributed by atoms with Crippen LogP contribution < -0.4 is 16.0 Å². The monoisotopic (exact) mass is 425 g/mol. The molecule has 0 saturated heterocycles. The number of nitrogens with one attached hydrogen (secondary N) is 3. The van der Waals surface area contributed by atoms with E-state index in [4.69, 9.17) is 4.74 Å². The van der Waals surface area contributed by atoms with Crippen molar-refractivity contribution in [3.05, 3.63) is 59.7 Å². The zero-order valence-corrected chi connectivity index (χ0v) is 18.7. The fraction of sp³-hybridized carbons (Fsp3) is 0.375. The van der Waals surface area contributed by atoms with Crippen LogP contribution >= 0.6 is 0 Å². The standard InChI is InChI=1S/C24H31N3O4/c1-16(2)12-21(28)26-19-10-6-8-17(13-19)15-25-22(29)18-9-7-11-20(14-18)27-23(30)31-24(3,4)5/h6-11,13-14,16H,12,15H2,1-5H3,(H,25,29)(H,26,28)(H,27,30). The first-order chi connectivity index (χ1) is 14.5. The molecule has 0 radical (unpaired) electrons. The van der Waals surface area contributed by atoms with Crippen molar-refractivity contribution >= 4 is 29.3 Å². The summed E-state index contributed by atoms with van der Waals surface area (Å²) in [6.45, 7) is 9.62. The highest BCUT2D eigenvalue weighted by Crippen LogP contribution is 2.15. The van der Waals surface area contributed by atoms with Crippen molar-refractivity contribution in [3.8, 4) is 0 Å². The van der Waals surface area contributed by atoms with E-state index in [1.165, 1.54) is 0 Å². The molecule has 0 atom stereocenters. The SMILES string of the molecule is CC(C)CC(=O)Nc1cccc(CNC(=O)c2cccc(NC(=O)OC(C)(C)C)c2)c1. The van der Waals surface area contributed by atoms with Crippen LogP contribution in [0.15, 0.2) is 48.5 Å². The van der Waals surface area contributed by atoms with E-state index < -0.39 is 11.7 Å². The van der Waals surface area contributed by atoms with Gasteiger partial charge in [-0.15, -0.1) is 0 Å². The van der Waals surface area contributed by atoms with Gasteiger partial charge in [0.2, 0.25) is 5.91 Å². The molecule has 0 unspecified atom stereocenters. The normalized spacial score (nSPS) is 11.0. The summed E-state index contributed by atoms with van der Waals surface area (Å²) in [5, 5.41) is 8.35. The number of hydrogen-bond donors (Lipinski definition) is 3. The van der Waals surface area contributed by atoms with Gasteiger partial charge in [-0.2, -0.15) is 0 Å². The Balaban J connectivity index is 1.95. The second-order valence-corrected chi connectivity index (χ2v) is 8.74. The molecular weight excluding hydrogens is 394 g/mol. The first-order valence-corrected chi connectivity index (χ1v) is 10.3. The molecular formula is C24H31N3O4. The van der Waals surface area contributed by atoms with Gasteiger partial charge in [-0.3, -0.25) is 14.9 Å². The highest BCUT2D eigenvalue weighted by Gasteiger charge is 2.16. The van der Waals surface area contributed by atoms with Crippen LogP contribution in [0.3, 0.4) is 0 Å². The van der Waals surface area contributed by atoms with Gasteiger partial charge < -0.3 is 15.4 Å².